The number of rotatable bonds is 8. The summed E-state index contributed by atoms with van der Waals surface area (Å²) in [5, 5.41) is 10.2. The Balaban J connectivity index is 1.88. The topological polar surface area (TPSA) is 174 Å². The second-order valence-electron chi connectivity index (χ2n) is 9.32. The van der Waals surface area contributed by atoms with Gasteiger partial charge in [0.15, 0.2) is 18.0 Å². The first-order chi connectivity index (χ1) is 19.9. The van der Waals surface area contributed by atoms with Crippen molar-refractivity contribution in [2.45, 2.75) is 58.4 Å². The molecule has 0 amide bonds. The molecule has 4 rings (SSSR count). The molecule has 1 aliphatic heterocycles. The summed E-state index contributed by atoms with van der Waals surface area (Å²) in [6, 6.07) is 12.2. The molecule has 0 spiro atoms. The van der Waals surface area contributed by atoms with Gasteiger partial charge in [-0.25, -0.2) is 0 Å². The summed E-state index contributed by atoms with van der Waals surface area (Å²) >= 11 is 0. The number of benzene rings is 2. The number of carbonyl (C=O) groups excluding carboxylic acids is 4. The Morgan fingerprint density at radius 2 is 1.45 bits per heavy atom. The number of hydrogen-bond acceptors (Lipinski definition) is 13. The summed E-state index contributed by atoms with van der Waals surface area (Å²) in [5.41, 5.74) is -0.156. The van der Waals surface area contributed by atoms with Crippen molar-refractivity contribution >= 4 is 34.8 Å². The zero-order valence-electron chi connectivity index (χ0n) is 23.1. The molecular weight excluding hydrogens is 556 g/mol. The van der Waals surface area contributed by atoms with Crippen LogP contribution in [0.3, 0.4) is 0 Å². The fraction of sp³-hybridized carbons (Fsp3) is 0.345. The first kappa shape index (κ1) is 30.1. The fourth-order valence-corrected chi connectivity index (χ4v) is 4.47. The quantitative estimate of drug-likeness (QED) is 0.302. The van der Waals surface area contributed by atoms with Crippen LogP contribution >= 0.6 is 0 Å². The van der Waals surface area contributed by atoms with Crippen LogP contribution in [0.25, 0.3) is 22.3 Å². The first-order valence-electron chi connectivity index (χ1n) is 12.8. The van der Waals surface area contributed by atoms with Crippen LogP contribution in [0.4, 0.5) is 0 Å². The number of fused-ring (bicyclic) bond motifs is 1. The molecule has 2 heterocycles. The molecule has 42 heavy (non-hydrogen) atoms. The van der Waals surface area contributed by atoms with Gasteiger partial charge in [-0.05, 0) is 24.3 Å². The van der Waals surface area contributed by atoms with Crippen LogP contribution in [0, 0.1) is 0 Å². The number of ether oxygens (including phenoxy) is 6. The lowest BCUT2D eigenvalue weighted by Crippen LogP contribution is -2.63. The minimum absolute atomic E-state index is 0.0949. The standard InChI is InChI=1S/C29H28O13/c1-14(30)36-13-22-25(37-15(2)31)27(38-16(3)32)28(39-17(4)33)29(41-22)42-26-23(35)20-10-5-6-11-21(20)40-24(26)18-8-7-9-19(34)12-18/h5-12,22,25,27-29,34H,13H2,1-4H3/t22-,25+,27+,28-,29?/m1/s1. The van der Waals surface area contributed by atoms with Gasteiger partial charge in [0.25, 0.3) is 0 Å². The Morgan fingerprint density at radius 3 is 2.10 bits per heavy atom. The molecule has 1 aliphatic rings. The monoisotopic (exact) mass is 584 g/mol. The summed E-state index contributed by atoms with van der Waals surface area (Å²) in [5.74, 6) is -3.76. The third-order valence-electron chi connectivity index (χ3n) is 6.05. The molecule has 5 atom stereocenters. The molecule has 13 nitrogen and oxygen atoms in total. The van der Waals surface area contributed by atoms with Crippen molar-refractivity contribution in [3.05, 3.63) is 58.8 Å². The lowest BCUT2D eigenvalue weighted by molar-refractivity contribution is -0.288. The van der Waals surface area contributed by atoms with E-state index < -0.39 is 66.6 Å². The molecular formula is C29H28O13. The van der Waals surface area contributed by atoms with E-state index in [-0.39, 0.29) is 33.8 Å². The Kier molecular flexibility index (Phi) is 9.11. The molecule has 1 aromatic heterocycles. The van der Waals surface area contributed by atoms with Gasteiger partial charge < -0.3 is 37.9 Å². The van der Waals surface area contributed by atoms with Crippen LogP contribution in [-0.4, -0.2) is 66.3 Å². The van der Waals surface area contributed by atoms with Gasteiger partial charge in [0, 0.05) is 33.3 Å². The highest BCUT2D eigenvalue weighted by Gasteiger charge is 2.53. The highest BCUT2D eigenvalue weighted by molar-refractivity contribution is 5.82. The van der Waals surface area contributed by atoms with Crippen LogP contribution in [-0.2, 0) is 42.9 Å². The number of carbonyl (C=O) groups is 4. The van der Waals surface area contributed by atoms with E-state index in [1.54, 1.807) is 24.3 Å². The van der Waals surface area contributed by atoms with Crippen LogP contribution < -0.4 is 10.2 Å². The molecule has 1 saturated heterocycles. The Labute approximate surface area is 238 Å². The van der Waals surface area contributed by atoms with Crippen molar-refractivity contribution in [1.82, 2.24) is 0 Å². The number of phenols is 1. The van der Waals surface area contributed by atoms with Gasteiger partial charge in [0.05, 0.1) is 5.39 Å². The van der Waals surface area contributed by atoms with Gasteiger partial charge in [0.2, 0.25) is 23.6 Å². The minimum atomic E-state index is -1.68. The number of esters is 4. The lowest BCUT2D eigenvalue weighted by atomic mass is 9.98. The lowest BCUT2D eigenvalue weighted by Gasteiger charge is -2.43. The zero-order valence-corrected chi connectivity index (χ0v) is 23.1. The van der Waals surface area contributed by atoms with Gasteiger partial charge in [-0.2, -0.15) is 0 Å². The van der Waals surface area contributed by atoms with Crippen molar-refractivity contribution in [3.8, 4) is 22.8 Å². The number of hydrogen-bond donors (Lipinski definition) is 1. The molecule has 0 radical (unpaired) electrons. The number of aromatic hydroxyl groups is 1. The van der Waals surface area contributed by atoms with E-state index in [0.717, 1.165) is 27.7 Å². The van der Waals surface area contributed by atoms with Gasteiger partial charge >= 0.3 is 23.9 Å². The van der Waals surface area contributed by atoms with Crippen LogP contribution in [0.2, 0.25) is 0 Å². The molecule has 3 aromatic rings. The molecule has 0 aliphatic carbocycles. The summed E-state index contributed by atoms with van der Waals surface area (Å²) in [7, 11) is 0. The van der Waals surface area contributed by atoms with E-state index in [9.17, 15) is 29.1 Å². The minimum Gasteiger partial charge on any atom is -0.508 e. The van der Waals surface area contributed by atoms with E-state index in [1.165, 1.54) is 24.3 Å². The van der Waals surface area contributed by atoms with Gasteiger partial charge in [-0.1, -0.05) is 24.3 Å². The van der Waals surface area contributed by atoms with Crippen molar-refractivity contribution in [1.29, 1.82) is 0 Å². The maximum absolute atomic E-state index is 13.7. The Morgan fingerprint density at radius 1 is 0.810 bits per heavy atom. The summed E-state index contributed by atoms with van der Waals surface area (Å²) in [4.78, 5) is 61.6. The number of phenolic OH excluding ortho intramolecular Hbond substituents is 1. The SMILES string of the molecule is CC(=O)OC[C@H]1OC(Oc2c(-c3cccc(O)c3)oc3ccccc3c2=O)[C@H](OC(C)=O)[C@@H](OC(C)=O)[C@H]1OC(C)=O. The maximum atomic E-state index is 13.7. The number of para-hydroxylation sites is 1. The highest BCUT2D eigenvalue weighted by atomic mass is 16.7. The Hall–Kier alpha value is -4.91. The van der Waals surface area contributed by atoms with E-state index in [2.05, 4.69) is 0 Å². The normalized spacial score (nSPS) is 21.7. The molecule has 13 heteroatoms. The summed E-state index contributed by atoms with van der Waals surface area (Å²) < 4.78 is 39.4. The van der Waals surface area contributed by atoms with Gasteiger partial charge in [-0.15, -0.1) is 0 Å². The second-order valence-corrected chi connectivity index (χ2v) is 9.32. The fourth-order valence-electron chi connectivity index (χ4n) is 4.47. The van der Waals surface area contributed by atoms with Crippen molar-refractivity contribution in [2.24, 2.45) is 0 Å². The predicted octanol–water partition coefficient (Wildman–Crippen LogP) is 2.63. The average molecular weight is 585 g/mol. The van der Waals surface area contributed by atoms with E-state index in [4.69, 9.17) is 32.8 Å². The maximum Gasteiger partial charge on any atom is 0.303 e. The molecule has 2 aromatic carbocycles. The third-order valence-corrected chi connectivity index (χ3v) is 6.05. The van der Waals surface area contributed by atoms with E-state index in [1.807, 2.05) is 0 Å². The smallest absolute Gasteiger partial charge is 0.303 e. The van der Waals surface area contributed by atoms with Gasteiger partial charge in [-0.3, -0.25) is 24.0 Å². The molecule has 0 saturated carbocycles. The van der Waals surface area contributed by atoms with Crippen molar-refractivity contribution in [2.75, 3.05) is 6.61 Å². The first-order valence-corrected chi connectivity index (χ1v) is 12.8. The average Bonchev–Trinajstić information content (AvgIpc) is 2.91. The largest absolute Gasteiger partial charge is 0.508 e. The van der Waals surface area contributed by atoms with Gasteiger partial charge in [0.1, 0.15) is 24.0 Å². The molecule has 222 valence electrons. The molecule has 1 N–H and O–H groups in total. The molecule has 0 bridgehead atoms. The van der Waals surface area contributed by atoms with E-state index >= 15 is 0 Å². The van der Waals surface area contributed by atoms with Crippen LogP contribution in [0.15, 0.2) is 57.7 Å². The van der Waals surface area contributed by atoms with Crippen molar-refractivity contribution in [3.63, 3.8) is 0 Å². The summed E-state index contributed by atoms with van der Waals surface area (Å²) in [6.45, 7) is 3.92. The Bertz CT molecular complexity index is 1560. The van der Waals surface area contributed by atoms with Crippen LogP contribution in [0.5, 0.6) is 11.5 Å². The third kappa shape index (κ3) is 6.86. The highest BCUT2D eigenvalue weighted by Crippen LogP contribution is 2.36. The second kappa shape index (κ2) is 12.7. The van der Waals surface area contributed by atoms with E-state index in [0.29, 0.717) is 0 Å². The van der Waals surface area contributed by atoms with Crippen molar-refractivity contribution < 1.29 is 57.1 Å². The molecule has 1 fully saturated rings. The predicted molar refractivity (Wildman–Crippen MR) is 142 cm³/mol. The molecule has 1 unspecified atom stereocenters. The summed E-state index contributed by atoms with van der Waals surface area (Å²) in [6.07, 6.45) is -7.46. The zero-order chi connectivity index (χ0) is 30.6. The van der Waals surface area contributed by atoms with Crippen LogP contribution in [0.1, 0.15) is 27.7 Å².